The molecule has 0 bridgehead atoms. The molecule has 1 aliphatic rings. The van der Waals surface area contributed by atoms with Crippen LogP contribution in [-0.4, -0.2) is 26.1 Å². The van der Waals surface area contributed by atoms with E-state index in [1.165, 1.54) is 24.0 Å². The fourth-order valence-electron chi connectivity index (χ4n) is 4.87. The van der Waals surface area contributed by atoms with E-state index in [4.69, 9.17) is 4.74 Å². The number of ether oxygens (including phenoxy) is 1. The predicted octanol–water partition coefficient (Wildman–Crippen LogP) is 5.35. The molecule has 1 unspecified atom stereocenters. The lowest BCUT2D eigenvalue weighted by molar-refractivity contribution is -0.137. The van der Waals surface area contributed by atoms with Crippen molar-refractivity contribution in [2.24, 2.45) is 7.05 Å². The maximum Gasteiger partial charge on any atom is 0.304 e. The highest BCUT2D eigenvalue weighted by Crippen LogP contribution is 2.46. The number of carboxylic acids is 1. The second-order valence-electron chi connectivity index (χ2n) is 10.4. The van der Waals surface area contributed by atoms with Gasteiger partial charge in [0.2, 0.25) is 0 Å². The van der Waals surface area contributed by atoms with Crippen molar-refractivity contribution >= 4 is 5.97 Å². The Morgan fingerprint density at radius 2 is 1.73 bits per heavy atom. The number of aromatic nitrogens is 3. The molecule has 0 spiro atoms. The first-order chi connectivity index (χ1) is 15.6. The molecule has 3 aromatic rings. The number of aliphatic carboxylic acids is 1. The van der Waals surface area contributed by atoms with Crippen LogP contribution in [0.15, 0.2) is 48.7 Å². The molecular formula is C27H33N3O3. The number of nitrogens with zero attached hydrogens (tertiary/aromatic N) is 3. The van der Waals surface area contributed by atoms with Crippen molar-refractivity contribution in [3.05, 3.63) is 76.6 Å². The Balaban J connectivity index is 1.50. The lowest BCUT2D eigenvalue weighted by Gasteiger charge is -2.42. The lowest BCUT2D eigenvalue weighted by atomic mass is 9.63. The Morgan fingerprint density at radius 1 is 1.06 bits per heavy atom. The second-order valence-corrected chi connectivity index (χ2v) is 10.4. The third-order valence-corrected chi connectivity index (χ3v) is 7.09. The van der Waals surface area contributed by atoms with Crippen LogP contribution in [0.1, 0.15) is 80.8 Å². The largest absolute Gasteiger partial charge is 0.489 e. The van der Waals surface area contributed by atoms with Crippen molar-refractivity contribution in [2.45, 2.75) is 70.3 Å². The molecule has 0 saturated heterocycles. The molecule has 174 valence electrons. The van der Waals surface area contributed by atoms with Crippen molar-refractivity contribution < 1.29 is 14.6 Å². The summed E-state index contributed by atoms with van der Waals surface area (Å²) in [4.78, 5) is 11.4. The highest BCUT2D eigenvalue weighted by Gasteiger charge is 2.36. The smallest absolute Gasteiger partial charge is 0.304 e. The van der Waals surface area contributed by atoms with Crippen LogP contribution < -0.4 is 4.74 Å². The number of hydrogen-bond acceptors (Lipinski definition) is 4. The van der Waals surface area contributed by atoms with Crippen LogP contribution in [0.2, 0.25) is 0 Å². The van der Waals surface area contributed by atoms with E-state index in [-0.39, 0.29) is 23.2 Å². The van der Waals surface area contributed by atoms with Gasteiger partial charge < -0.3 is 9.84 Å². The van der Waals surface area contributed by atoms with Gasteiger partial charge in [-0.05, 0) is 58.1 Å². The molecular weight excluding hydrogens is 414 g/mol. The lowest BCUT2D eigenvalue weighted by Crippen LogP contribution is -2.33. The summed E-state index contributed by atoms with van der Waals surface area (Å²) in [5.41, 5.74) is 6.07. The molecule has 33 heavy (non-hydrogen) atoms. The number of carboxylic acid groups (broad SMARTS) is 1. The van der Waals surface area contributed by atoms with Crippen LogP contribution in [0.25, 0.3) is 0 Å². The van der Waals surface area contributed by atoms with Crippen LogP contribution in [0.3, 0.4) is 0 Å². The Hall–Kier alpha value is -3.15. The summed E-state index contributed by atoms with van der Waals surface area (Å²) in [7, 11) is 1.77. The van der Waals surface area contributed by atoms with Crippen molar-refractivity contribution in [1.82, 2.24) is 15.0 Å². The number of rotatable bonds is 7. The SMILES string of the molecule is Cn1nncc1C(CC(=O)O)c1ccc(OCc2ccc3c(c2)C(C)(C)CCC3(C)C)cc1. The summed E-state index contributed by atoms with van der Waals surface area (Å²) in [5, 5.41) is 17.2. The number of carbonyl (C=O) groups is 1. The molecule has 1 aliphatic carbocycles. The van der Waals surface area contributed by atoms with Gasteiger partial charge in [-0.25, -0.2) is 0 Å². The molecule has 0 fully saturated rings. The summed E-state index contributed by atoms with van der Waals surface area (Å²) in [6, 6.07) is 14.4. The predicted molar refractivity (Wildman–Crippen MR) is 128 cm³/mol. The number of fused-ring (bicyclic) bond motifs is 1. The van der Waals surface area contributed by atoms with Crippen LogP contribution in [0, 0.1) is 0 Å². The number of hydrogen-bond donors (Lipinski definition) is 1. The monoisotopic (exact) mass is 447 g/mol. The first-order valence-corrected chi connectivity index (χ1v) is 11.5. The molecule has 1 heterocycles. The minimum absolute atomic E-state index is 0.0251. The Bertz CT molecular complexity index is 1150. The molecule has 1 atom stereocenters. The van der Waals surface area contributed by atoms with E-state index in [0.717, 1.165) is 22.6 Å². The fourth-order valence-corrected chi connectivity index (χ4v) is 4.87. The van der Waals surface area contributed by atoms with E-state index in [0.29, 0.717) is 6.61 Å². The molecule has 4 rings (SSSR count). The zero-order chi connectivity index (χ0) is 23.8. The van der Waals surface area contributed by atoms with Gasteiger partial charge in [-0.15, -0.1) is 5.10 Å². The molecule has 0 amide bonds. The van der Waals surface area contributed by atoms with Gasteiger partial charge in [0.1, 0.15) is 12.4 Å². The van der Waals surface area contributed by atoms with Gasteiger partial charge in [-0.2, -0.15) is 0 Å². The molecule has 0 aliphatic heterocycles. The topological polar surface area (TPSA) is 77.2 Å². The van der Waals surface area contributed by atoms with Gasteiger partial charge in [0.25, 0.3) is 0 Å². The normalized spacial score (nSPS) is 17.2. The van der Waals surface area contributed by atoms with E-state index in [1.807, 2.05) is 24.3 Å². The van der Waals surface area contributed by atoms with Crippen LogP contribution in [0.4, 0.5) is 0 Å². The van der Waals surface area contributed by atoms with E-state index >= 15 is 0 Å². The van der Waals surface area contributed by atoms with Crippen molar-refractivity contribution in [2.75, 3.05) is 0 Å². The summed E-state index contributed by atoms with van der Waals surface area (Å²) in [5.74, 6) is -0.420. The van der Waals surface area contributed by atoms with Gasteiger partial charge in [-0.1, -0.05) is 63.2 Å². The van der Waals surface area contributed by atoms with Gasteiger partial charge in [0.05, 0.1) is 18.3 Å². The van der Waals surface area contributed by atoms with Crippen LogP contribution >= 0.6 is 0 Å². The van der Waals surface area contributed by atoms with Crippen LogP contribution in [-0.2, 0) is 29.3 Å². The average molecular weight is 448 g/mol. The first kappa shape index (κ1) is 23.0. The minimum atomic E-state index is -0.861. The van der Waals surface area contributed by atoms with Crippen molar-refractivity contribution in [1.29, 1.82) is 0 Å². The molecule has 6 nitrogen and oxygen atoms in total. The summed E-state index contributed by atoms with van der Waals surface area (Å²) >= 11 is 0. The average Bonchev–Trinajstić information content (AvgIpc) is 3.20. The van der Waals surface area contributed by atoms with Gasteiger partial charge in [0, 0.05) is 13.0 Å². The summed E-state index contributed by atoms with van der Waals surface area (Å²) in [6.45, 7) is 9.81. The van der Waals surface area contributed by atoms with E-state index in [2.05, 4.69) is 56.2 Å². The highest BCUT2D eigenvalue weighted by atomic mass is 16.5. The molecule has 0 saturated carbocycles. The van der Waals surface area contributed by atoms with Gasteiger partial charge >= 0.3 is 5.97 Å². The third-order valence-electron chi connectivity index (χ3n) is 7.09. The van der Waals surface area contributed by atoms with Gasteiger partial charge in [-0.3, -0.25) is 9.48 Å². The molecule has 0 radical (unpaired) electrons. The number of aryl methyl sites for hydroxylation is 1. The molecule has 6 heteroatoms. The van der Waals surface area contributed by atoms with E-state index < -0.39 is 5.97 Å². The molecule has 2 aromatic carbocycles. The quantitative estimate of drug-likeness (QED) is 0.528. The second kappa shape index (κ2) is 8.65. The first-order valence-electron chi connectivity index (χ1n) is 11.5. The Morgan fingerprint density at radius 3 is 2.33 bits per heavy atom. The summed E-state index contributed by atoms with van der Waals surface area (Å²) in [6.07, 6.45) is 3.98. The van der Waals surface area contributed by atoms with Gasteiger partial charge in [0.15, 0.2) is 0 Å². The number of benzene rings is 2. The fraction of sp³-hybridized carbons (Fsp3) is 0.444. The molecule has 1 aromatic heterocycles. The van der Waals surface area contributed by atoms with Crippen LogP contribution in [0.5, 0.6) is 5.75 Å². The Kier molecular flexibility index (Phi) is 6.04. The summed E-state index contributed by atoms with van der Waals surface area (Å²) < 4.78 is 7.71. The standard InChI is InChI=1S/C27H33N3O3/c1-26(2)12-13-27(3,4)23-14-18(6-11-22(23)26)17-33-20-9-7-19(8-10-20)21(15-25(31)32)24-16-28-29-30(24)5/h6-11,14,16,21H,12-13,15,17H2,1-5H3,(H,31,32). The maximum atomic E-state index is 11.4. The molecule has 1 N–H and O–H groups in total. The van der Waals surface area contributed by atoms with E-state index in [1.54, 1.807) is 17.9 Å². The minimum Gasteiger partial charge on any atom is -0.489 e. The zero-order valence-corrected chi connectivity index (χ0v) is 20.1. The highest BCUT2D eigenvalue weighted by molar-refractivity contribution is 5.69. The van der Waals surface area contributed by atoms with E-state index in [9.17, 15) is 9.90 Å². The zero-order valence-electron chi connectivity index (χ0n) is 20.1. The maximum absolute atomic E-state index is 11.4. The van der Waals surface area contributed by atoms with Crippen molar-refractivity contribution in [3.63, 3.8) is 0 Å². The third kappa shape index (κ3) is 4.80. The van der Waals surface area contributed by atoms with Crippen molar-refractivity contribution in [3.8, 4) is 5.75 Å². The Labute approximate surface area is 195 Å².